The van der Waals surface area contributed by atoms with Crippen molar-refractivity contribution in [1.29, 1.82) is 0 Å². The maximum Gasteiger partial charge on any atom is 0.224 e. The first-order valence-electron chi connectivity index (χ1n) is 9.75. The van der Waals surface area contributed by atoms with Gasteiger partial charge in [0.25, 0.3) is 0 Å². The molecule has 5 nitrogen and oxygen atoms in total. The average Bonchev–Trinajstić information content (AvgIpc) is 2.64. The van der Waals surface area contributed by atoms with Crippen LogP contribution in [0.4, 0.5) is 11.4 Å². The van der Waals surface area contributed by atoms with Gasteiger partial charge in [0, 0.05) is 12.5 Å². The Morgan fingerprint density at radius 3 is 2.52 bits per heavy atom. The van der Waals surface area contributed by atoms with Gasteiger partial charge >= 0.3 is 0 Å². The lowest BCUT2D eigenvalue weighted by molar-refractivity contribution is -0.116. The van der Waals surface area contributed by atoms with E-state index < -0.39 is 0 Å². The molecule has 0 aliphatic carbocycles. The molecule has 25 heavy (non-hydrogen) atoms. The number of hydrogen-bond acceptors (Lipinski definition) is 4. The number of hydrogen-bond donors (Lipinski definition) is 3. The summed E-state index contributed by atoms with van der Waals surface area (Å²) in [6, 6.07) is 8.58. The minimum absolute atomic E-state index is 0.135. The summed E-state index contributed by atoms with van der Waals surface area (Å²) in [7, 11) is 2.17. The predicted octanol–water partition coefficient (Wildman–Crippen LogP) is 2.91. The van der Waals surface area contributed by atoms with E-state index in [-0.39, 0.29) is 5.91 Å². The van der Waals surface area contributed by atoms with Gasteiger partial charge in [0.1, 0.15) is 0 Å². The molecule has 2 aliphatic rings. The molecule has 1 amide bonds. The first-order chi connectivity index (χ1) is 12.2. The molecule has 0 aromatic heterocycles. The predicted molar refractivity (Wildman–Crippen MR) is 104 cm³/mol. The number of anilines is 2. The quantitative estimate of drug-likeness (QED) is 0.743. The van der Waals surface area contributed by atoms with E-state index in [9.17, 15) is 4.79 Å². The van der Waals surface area contributed by atoms with E-state index in [0.29, 0.717) is 18.4 Å². The number of nitrogens with one attached hydrogen (secondary N) is 3. The van der Waals surface area contributed by atoms with Gasteiger partial charge in [-0.25, -0.2) is 0 Å². The van der Waals surface area contributed by atoms with Crippen molar-refractivity contribution in [3.63, 3.8) is 0 Å². The summed E-state index contributed by atoms with van der Waals surface area (Å²) in [5.74, 6) is 0.829. The number of benzene rings is 1. The van der Waals surface area contributed by atoms with Gasteiger partial charge in [-0.15, -0.1) is 0 Å². The molecule has 1 aromatic rings. The van der Waals surface area contributed by atoms with Gasteiger partial charge in [-0.3, -0.25) is 4.79 Å². The van der Waals surface area contributed by atoms with Gasteiger partial charge in [0.05, 0.1) is 11.4 Å². The summed E-state index contributed by atoms with van der Waals surface area (Å²) in [6.45, 7) is 4.44. The fourth-order valence-corrected chi connectivity index (χ4v) is 3.81. The fourth-order valence-electron chi connectivity index (χ4n) is 3.81. The molecule has 2 heterocycles. The van der Waals surface area contributed by atoms with Crippen molar-refractivity contribution in [1.82, 2.24) is 10.2 Å². The number of rotatable bonds is 6. The van der Waals surface area contributed by atoms with E-state index >= 15 is 0 Å². The Morgan fingerprint density at radius 1 is 1.12 bits per heavy atom. The van der Waals surface area contributed by atoms with E-state index in [1.165, 1.54) is 12.8 Å². The molecule has 3 rings (SSSR count). The Morgan fingerprint density at radius 2 is 1.80 bits per heavy atom. The molecule has 1 aromatic carbocycles. The molecular formula is C20H32N4O. The van der Waals surface area contributed by atoms with Crippen molar-refractivity contribution < 1.29 is 4.79 Å². The molecule has 0 bridgehead atoms. The summed E-state index contributed by atoms with van der Waals surface area (Å²) >= 11 is 0. The average molecular weight is 345 g/mol. The highest BCUT2D eigenvalue weighted by Gasteiger charge is 2.18. The van der Waals surface area contributed by atoms with Crippen molar-refractivity contribution >= 4 is 17.3 Å². The number of carbonyl (C=O) groups excluding carboxylic acids is 1. The van der Waals surface area contributed by atoms with Crippen molar-refractivity contribution in [2.45, 2.75) is 44.6 Å². The standard InChI is InChI=1S/C20H32N4O/c1-24-14-10-17(11-15-24)22-18-4-2-3-5-19(18)23-20(25)7-6-16-8-12-21-13-9-16/h2-5,16-17,21-22H,6-15H2,1H3,(H,23,25). The third kappa shape index (κ3) is 5.72. The summed E-state index contributed by atoms with van der Waals surface area (Å²) in [5, 5.41) is 10.1. The van der Waals surface area contributed by atoms with Gasteiger partial charge in [-0.1, -0.05) is 12.1 Å². The number of carbonyl (C=O) groups is 1. The number of likely N-dealkylation sites (tertiary alicyclic amines) is 1. The largest absolute Gasteiger partial charge is 0.381 e. The minimum atomic E-state index is 0.135. The third-order valence-corrected chi connectivity index (χ3v) is 5.52. The Labute approximate surface area is 151 Å². The summed E-state index contributed by atoms with van der Waals surface area (Å²) < 4.78 is 0. The van der Waals surface area contributed by atoms with Crippen LogP contribution in [-0.4, -0.2) is 50.1 Å². The van der Waals surface area contributed by atoms with E-state index in [0.717, 1.165) is 56.8 Å². The summed E-state index contributed by atoms with van der Waals surface area (Å²) in [5.41, 5.74) is 1.96. The number of amides is 1. The van der Waals surface area contributed by atoms with Crippen LogP contribution in [0.15, 0.2) is 24.3 Å². The molecule has 138 valence electrons. The zero-order valence-electron chi connectivity index (χ0n) is 15.4. The molecule has 3 N–H and O–H groups in total. The van der Waals surface area contributed by atoms with Crippen LogP contribution >= 0.6 is 0 Å². The molecule has 2 fully saturated rings. The van der Waals surface area contributed by atoms with Crippen LogP contribution in [0.25, 0.3) is 0 Å². The highest BCUT2D eigenvalue weighted by atomic mass is 16.1. The zero-order valence-corrected chi connectivity index (χ0v) is 15.4. The van der Waals surface area contributed by atoms with Crippen LogP contribution in [0.1, 0.15) is 38.5 Å². The second-order valence-electron chi connectivity index (χ2n) is 7.55. The van der Waals surface area contributed by atoms with Gasteiger partial charge in [-0.05, 0) is 83.4 Å². The Hall–Kier alpha value is -1.59. The normalized spacial score (nSPS) is 20.4. The van der Waals surface area contributed by atoms with E-state index in [1.54, 1.807) is 0 Å². The zero-order chi connectivity index (χ0) is 17.5. The second-order valence-corrected chi connectivity index (χ2v) is 7.55. The van der Waals surface area contributed by atoms with Crippen LogP contribution < -0.4 is 16.0 Å². The second kappa shape index (κ2) is 9.20. The van der Waals surface area contributed by atoms with Crippen molar-refractivity contribution in [3.05, 3.63) is 24.3 Å². The number of para-hydroxylation sites is 2. The molecule has 2 aliphatic heterocycles. The molecule has 0 saturated carbocycles. The maximum absolute atomic E-state index is 12.4. The molecule has 5 heteroatoms. The maximum atomic E-state index is 12.4. The van der Waals surface area contributed by atoms with Crippen LogP contribution in [0, 0.1) is 5.92 Å². The number of piperidine rings is 2. The first kappa shape index (κ1) is 18.2. The molecular weight excluding hydrogens is 312 g/mol. The van der Waals surface area contributed by atoms with Gasteiger partial charge in [0.2, 0.25) is 5.91 Å². The van der Waals surface area contributed by atoms with Gasteiger partial charge < -0.3 is 20.9 Å². The van der Waals surface area contributed by atoms with E-state index in [2.05, 4.69) is 34.0 Å². The van der Waals surface area contributed by atoms with Crippen molar-refractivity contribution in [2.75, 3.05) is 43.9 Å². The highest BCUT2D eigenvalue weighted by molar-refractivity contribution is 5.94. The molecule has 2 saturated heterocycles. The van der Waals surface area contributed by atoms with Crippen LogP contribution in [0.3, 0.4) is 0 Å². The highest BCUT2D eigenvalue weighted by Crippen LogP contribution is 2.25. The minimum Gasteiger partial charge on any atom is -0.381 e. The topological polar surface area (TPSA) is 56.4 Å². The SMILES string of the molecule is CN1CCC(Nc2ccccc2NC(=O)CCC2CCNCC2)CC1. The molecule has 0 unspecified atom stereocenters. The van der Waals surface area contributed by atoms with Crippen molar-refractivity contribution in [2.24, 2.45) is 5.92 Å². The first-order valence-corrected chi connectivity index (χ1v) is 9.75. The monoisotopic (exact) mass is 344 g/mol. The smallest absolute Gasteiger partial charge is 0.224 e. The lowest BCUT2D eigenvalue weighted by Crippen LogP contribution is -2.36. The van der Waals surface area contributed by atoms with Crippen LogP contribution in [0.5, 0.6) is 0 Å². The van der Waals surface area contributed by atoms with Gasteiger partial charge in [0.15, 0.2) is 0 Å². The third-order valence-electron chi connectivity index (χ3n) is 5.52. The van der Waals surface area contributed by atoms with E-state index in [1.807, 2.05) is 18.2 Å². The van der Waals surface area contributed by atoms with Crippen molar-refractivity contribution in [3.8, 4) is 0 Å². The van der Waals surface area contributed by atoms with Gasteiger partial charge in [-0.2, -0.15) is 0 Å². The molecule has 0 spiro atoms. The Kier molecular flexibility index (Phi) is 6.70. The lowest BCUT2D eigenvalue weighted by atomic mass is 9.93. The summed E-state index contributed by atoms with van der Waals surface area (Å²) in [6.07, 6.45) is 6.30. The lowest BCUT2D eigenvalue weighted by Gasteiger charge is -2.30. The summed E-state index contributed by atoms with van der Waals surface area (Å²) in [4.78, 5) is 14.7. The molecule has 0 radical (unpaired) electrons. The van der Waals surface area contributed by atoms with E-state index in [4.69, 9.17) is 0 Å². The van der Waals surface area contributed by atoms with Crippen LogP contribution in [-0.2, 0) is 4.79 Å². The Bertz CT molecular complexity index is 548. The number of nitrogens with zero attached hydrogens (tertiary/aromatic N) is 1. The van der Waals surface area contributed by atoms with Crippen LogP contribution in [0.2, 0.25) is 0 Å². The fraction of sp³-hybridized carbons (Fsp3) is 0.650. The molecule has 0 atom stereocenters. The Balaban J connectivity index is 1.50.